The van der Waals surface area contributed by atoms with Gasteiger partial charge < -0.3 is 10.1 Å². The summed E-state index contributed by atoms with van der Waals surface area (Å²) in [5, 5.41) is 3.25. The summed E-state index contributed by atoms with van der Waals surface area (Å²) in [6.45, 7) is 9.04. The molecule has 0 saturated carbocycles. The molecule has 0 aromatic heterocycles. The van der Waals surface area contributed by atoms with E-state index in [9.17, 15) is 8.42 Å². The average Bonchev–Trinajstić information content (AvgIpc) is 2.88. The third-order valence-electron chi connectivity index (χ3n) is 3.89. The zero-order chi connectivity index (χ0) is 14.8. The predicted molar refractivity (Wildman–Crippen MR) is 86.0 cm³/mol. The highest BCUT2D eigenvalue weighted by Crippen LogP contribution is 2.21. The quantitative estimate of drug-likeness (QED) is 0.805. The molecule has 6 nitrogen and oxygen atoms in total. The fraction of sp³-hybridized carbons (Fsp3) is 1.00. The van der Waals surface area contributed by atoms with E-state index in [0.29, 0.717) is 19.6 Å². The van der Waals surface area contributed by atoms with Crippen molar-refractivity contribution in [2.75, 3.05) is 32.7 Å². The fourth-order valence-electron chi connectivity index (χ4n) is 3.06. The molecule has 2 aliphatic rings. The molecule has 2 rings (SSSR count). The monoisotopic (exact) mass is 341 g/mol. The number of halogens is 1. The Balaban J connectivity index is 0.00000220. The van der Waals surface area contributed by atoms with Crippen LogP contribution in [0, 0.1) is 0 Å². The molecule has 0 spiro atoms. The summed E-state index contributed by atoms with van der Waals surface area (Å²) in [5.41, 5.74) is 0. The van der Waals surface area contributed by atoms with Gasteiger partial charge in [-0.3, -0.25) is 0 Å². The minimum Gasteiger partial charge on any atom is -0.373 e. The molecule has 0 bridgehead atoms. The Morgan fingerprint density at radius 2 is 1.90 bits per heavy atom. The zero-order valence-electron chi connectivity index (χ0n) is 13.1. The van der Waals surface area contributed by atoms with Crippen LogP contribution in [0.25, 0.3) is 0 Å². The van der Waals surface area contributed by atoms with Crippen molar-refractivity contribution in [1.29, 1.82) is 0 Å². The van der Waals surface area contributed by atoms with Crippen molar-refractivity contribution >= 4 is 22.6 Å². The third kappa shape index (κ3) is 4.53. The van der Waals surface area contributed by atoms with Gasteiger partial charge in [0.1, 0.15) is 0 Å². The van der Waals surface area contributed by atoms with Crippen molar-refractivity contribution < 1.29 is 13.2 Å². The summed E-state index contributed by atoms with van der Waals surface area (Å²) in [6, 6.07) is 0.0911. The number of nitrogens with zero attached hydrogens (tertiary/aromatic N) is 2. The highest BCUT2D eigenvalue weighted by atomic mass is 35.5. The Hall–Kier alpha value is 0.0800. The van der Waals surface area contributed by atoms with Gasteiger partial charge in [0.15, 0.2) is 0 Å². The van der Waals surface area contributed by atoms with Crippen molar-refractivity contribution in [2.24, 2.45) is 0 Å². The number of morpholine rings is 1. The molecule has 2 heterocycles. The SMILES string of the molecule is CCCN(C1CCNC1)S(=O)(=O)N1CC(C)OC(C)C1.Cl. The Bertz CT molecular complexity index is 405. The molecule has 1 N–H and O–H groups in total. The van der Waals surface area contributed by atoms with Crippen LogP contribution in [0.3, 0.4) is 0 Å². The molecule has 21 heavy (non-hydrogen) atoms. The normalized spacial score (nSPS) is 31.3. The van der Waals surface area contributed by atoms with Crippen LogP contribution < -0.4 is 5.32 Å². The van der Waals surface area contributed by atoms with Crippen LogP contribution in [0.5, 0.6) is 0 Å². The fourth-order valence-corrected chi connectivity index (χ4v) is 5.12. The standard InChI is InChI=1S/C13H27N3O3S.ClH/c1-4-7-16(13-5-6-14-8-13)20(17,18)15-9-11(2)19-12(3)10-15;/h11-14H,4-10H2,1-3H3;1H. The molecule has 3 atom stereocenters. The minimum absolute atomic E-state index is 0. The van der Waals surface area contributed by atoms with Gasteiger partial charge in [0.2, 0.25) is 0 Å². The Morgan fingerprint density at radius 3 is 2.38 bits per heavy atom. The number of nitrogens with one attached hydrogen (secondary N) is 1. The summed E-state index contributed by atoms with van der Waals surface area (Å²) >= 11 is 0. The first kappa shape index (κ1) is 19.1. The smallest absolute Gasteiger partial charge is 0.282 e. The summed E-state index contributed by atoms with van der Waals surface area (Å²) in [4.78, 5) is 0. The Kier molecular flexibility index (Phi) is 7.36. The van der Waals surface area contributed by atoms with Crippen LogP contribution in [0.2, 0.25) is 0 Å². The highest BCUT2D eigenvalue weighted by Gasteiger charge is 2.38. The summed E-state index contributed by atoms with van der Waals surface area (Å²) in [7, 11) is -3.39. The van der Waals surface area contributed by atoms with E-state index in [-0.39, 0.29) is 30.7 Å². The zero-order valence-corrected chi connectivity index (χ0v) is 14.8. The second-order valence-electron chi connectivity index (χ2n) is 5.84. The highest BCUT2D eigenvalue weighted by molar-refractivity contribution is 7.86. The molecule has 8 heteroatoms. The molecule has 0 amide bonds. The molecular formula is C13H28ClN3O3S. The van der Waals surface area contributed by atoms with Crippen LogP contribution in [0.4, 0.5) is 0 Å². The number of rotatable bonds is 5. The van der Waals surface area contributed by atoms with E-state index in [0.717, 1.165) is 25.9 Å². The first-order chi connectivity index (χ1) is 9.45. The van der Waals surface area contributed by atoms with Crippen molar-refractivity contribution in [3.63, 3.8) is 0 Å². The van der Waals surface area contributed by atoms with E-state index in [1.807, 2.05) is 20.8 Å². The maximum absolute atomic E-state index is 12.9. The Morgan fingerprint density at radius 1 is 1.29 bits per heavy atom. The van der Waals surface area contributed by atoms with Crippen LogP contribution in [0.1, 0.15) is 33.6 Å². The van der Waals surface area contributed by atoms with Gasteiger partial charge >= 0.3 is 0 Å². The van der Waals surface area contributed by atoms with E-state index in [1.54, 1.807) is 8.61 Å². The number of hydrogen-bond donors (Lipinski definition) is 1. The third-order valence-corrected chi connectivity index (χ3v) is 5.92. The molecule has 3 unspecified atom stereocenters. The van der Waals surface area contributed by atoms with Gasteiger partial charge in [-0.15, -0.1) is 12.4 Å². The lowest BCUT2D eigenvalue weighted by Gasteiger charge is -2.39. The second-order valence-corrected chi connectivity index (χ2v) is 7.72. The number of ether oxygens (including phenoxy) is 1. The van der Waals surface area contributed by atoms with E-state index in [1.165, 1.54) is 0 Å². The summed E-state index contributed by atoms with van der Waals surface area (Å²) < 4.78 is 34.8. The largest absolute Gasteiger partial charge is 0.373 e. The Labute approximate surface area is 134 Å². The van der Waals surface area contributed by atoms with Crippen LogP contribution in [0.15, 0.2) is 0 Å². The van der Waals surface area contributed by atoms with E-state index in [4.69, 9.17) is 4.74 Å². The van der Waals surface area contributed by atoms with Gasteiger partial charge in [0.25, 0.3) is 10.2 Å². The topological polar surface area (TPSA) is 61.9 Å². The lowest BCUT2D eigenvalue weighted by atomic mass is 10.2. The molecule has 2 saturated heterocycles. The van der Waals surface area contributed by atoms with Crippen molar-refractivity contribution in [2.45, 2.75) is 51.9 Å². The van der Waals surface area contributed by atoms with Gasteiger partial charge in [-0.05, 0) is 33.2 Å². The van der Waals surface area contributed by atoms with E-state index < -0.39 is 10.2 Å². The molecular weight excluding hydrogens is 314 g/mol. The summed E-state index contributed by atoms with van der Waals surface area (Å²) in [6.07, 6.45) is 1.65. The van der Waals surface area contributed by atoms with Crippen LogP contribution in [-0.2, 0) is 14.9 Å². The lowest BCUT2D eigenvalue weighted by molar-refractivity contribution is -0.0457. The number of hydrogen-bond acceptors (Lipinski definition) is 4. The van der Waals surface area contributed by atoms with Crippen molar-refractivity contribution in [1.82, 2.24) is 13.9 Å². The van der Waals surface area contributed by atoms with E-state index >= 15 is 0 Å². The maximum Gasteiger partial charge on any atom is 0.282 e. The molecule has 2 fully saturated rings. The van der Waals surface area contributed by atoms with Gasteiger partial charge in [-0.2, -0.15) is 17.0 Å². The molecule has 0 aromatic rings. The maximum atomic E-state index is 12.9. The average molecular weight is 342 g/mol. The van der Waals surface area contributed by atoms with Gasteiger partial charge in [-0.25, -0.2) is 0 Å². The summed E-state index contributed by atoms with van der Waals surface area (Å²) in [5.74, 6) is 0. The lowest BCUT2D eigenvalue weighted by Crippen LogP contribution is -2.55. The minimum atomic E-state index is -3.39. The van der Waals surface area contributed by atoms with Crippen LogP contribution in [-0.4, -0.2) is 68.0 Å². The van der Waals surface area contributed by atoms with Gasteiger partial charge in [0, 0.05) is 32.2 Å². The predicted octanol–water partition coefficient (Wildman–Crippen LogP) is 0.836. The first-order valence-corrected chi connectivity index (χ1v) is 8.98. The molecule has 126 valence electrons. The molecule has 0 radical (unpaired) electrons. The van der Waals surface area contributed by atoms with E-state index in [2.05, 4.69) is 5.32 Å². The van der Waals surface area contributed by atoms with Crippen LogP contribution >= 0.6 is 12.4 Å². The van der Waals surface area contributed by atoms with Gasteiger partial charge in [0.05, 0.1) is 12.2 Å². The van der Waals surface area contributed by atoms with Crippen molar-refractivity contribution in [3.8, 4) is 0 Å². The first-order valence-electron chi connectivity index (χ1n) is 7.58. The van der Waals surface area contributed by atoms with Crippen molar-refractivity contribution in [3.05, 3.63) is 0 Å². The molecule has 0 aliphatic carbocycles. The molecule has 0 aromatic carbocycles. The van der Waals surface area contributed by atoms with Gasteiger partial charge in [-0.1, -0.05) is 6.92 Å². The molecule has 2 aliphatic heterocycles. The second kappa shape index (κ2) is 8.08.